The monoisotopic (exact) mass is 240 g/mol. The first-order chi connectivity index (χ1) is 7.58. The van der Waals surface area contributed by atoms with Crippen molar-refractivity contribution in [1.29, 1.82) is 0 Å². The molecule has 0 spiro atoms. The number of carbonyl (C=O) groups is 1. The number of carboxylic acids is 1. The van der Waals surface area contributed by atoms with Crippen molar-refractivity contribution in [2.45, 2.75) is 12.5 Å². The lowest BCUT2D eigenvalue weighted by Crippen LogP contribution is -2.31. The van der Waals surface area contributed by atoms with Crippen molar-refractivity contribution < 1.29 is 9.90 Å². The summed E-state index contributed by atoms with van der Waals surface area (Å²) in [5.74, 6) is -0.834. The van der Waals surface area contributed by atoms with Crippen LogP contribution in [-0.2, 0) is 0 Å². The second-order valence-electron chi connectivity index (χ2n) is 4.30. The third-order valence-electron chi connectivity index (χ3n) is 3.01. The maximum atomic E-state index is 10.8. The van der Waals surface area contributed by atoms with Crippen molar-refractivity contribution in [3.63, 3.8) is 0 Å². The summed E-state index contributed by atoms with van der Waals surface area (Å²) in [5.41, 5.74) is 0. The third-order valence-corrected chi connectivity index (χ3v) is 4.14. The highest BCUT2D eigenvalue weighted by Crippen LogP contribution is 2.29. The number of likely N-dealkylation sites (N-methyl/N-ethyl adjacent to an activating group) is 1. The largest absolute Gasteiger partial charge is 0.477 e. The molecule has 5 heteroatoms. The molecule has 1 fully saturated rings. The second kappa shape index (κ2) is 4.43. The molecule has 1 saturated heterocycles. The van der Waals surface area contributed by atoms with Gasteiger partial charge >= 0.3 is 5.97 Å². The van der Waals surface area contributed by atoms with Gasteiger partial charge in [-0.25, -0.2) is 4.79 Å². The minimum atomic E-state index is -0.834. The Balaban J connectivity index is 2.06. The molecule has 0 aliphatic carbocycles. The number of hydrogen-bond donors (Lipinski definition) is 1. The van der Waals surface area contributed by atoms with Gasteiger partial charge in [-0.2, -0.15) is 0 Å². The van der Waals surface area contributed by atoms with Gasteiger partial charge in [0.25, 0.3) is 0 Å². The van der Waals surface area contributed by atoms with Gasteiger partial charge in [0, 0.05) is 19.1 Å². The highest BCUT2D eigenvalue weighted by atomic mass is 32.1. The molecule has 16 heavy (non-hydrogen) atoms. The Bertz CT molecular complexity index is 389. The highest BCUT2D eigenvalue weighted by Gasteiger charge is 2.25. The predicted octanol–water partition coefficient (Wildman–Crippen LogP) is 1.59. The van der Waals surface area contributed by atoms with Crippen LogP contribution in [0.3, 0.4) is 0 Å². The maximum absolute atomic E-state index is 10.8. The fourth-order valence-corrected chi connectivity index (χ4v) is 2.86. The van der Waals surface area contributed by atoms with E-state index in [1.54, 1.807) is 6.07 Å². The Morgan fingerprint density at radius 3 is 2.81 bits per heavy atom. The molecule has 0 radical (unpaired) electrons. The van der Waals surface area contributed by atoms with Crippen molar-refractivity contribution in [3.05, 3.63) is 17.0 Å². The standard InChI is InChI=1S/C11H16N2O2S/c1-12(2)8-5-6-13(7-8)10-4-3-9(16-10)11(14)15/h3-4,8H,5-7H2,1-2H3,(H,14,15)/t8-/m1/s1. The van der Waals surface area contributed by atoms with Gasteiger partial charge < -0.3 is 14.9 Å². The molecule has 1 aromatic rings. The summed E-state index contributed by atoms with van der Waals surface area (Å²) in [6.45, 7) is 2.01. The number of aromatic carboxylic acids is 1. The average molecular weight is 240 g/mol. The molecule has 0 saturated carbocycles. The topological polar surface area (TPSA) is 43.8 Å². The predicted molar refractivity (Wildman–Crippen MR) is 65.6 cm³/mol. The lowest BCUT2D eigenvalue weighted by Gasteiger charge is -2.20. The maximum Gasteiger partial charge on any atom is 0.345 e. The van der Waals surface area contributed by atoms with E-state index in [1.807, 2.05) is 6.07 Å². The van der Waals surface area contributed by atoms with Crippen LogP contribution in [0.1, 0.15) is 16.1 Å². The van der Waals surface area contributed by atoms with Crippen molar-refractivity contribution in [2.75, 3.05) is 32.1 Å². The van der Waals surface area contributed by atoms with Gasteiger partial charge in [-0.05, 0) is 32.6 Å². The summed E-state index contributed by atoms with van der Waals surface area (Å²) < 4.78 is 0. The molecule has 88 valence electrons. The van der Waals surface area contributed by atoms with Gasteiger partial charge in [0.15, 0.2) is 0 Å². The fourth-order valence-electron chi connectivity index (χ4n) is 1.98. The molecule has 0 amide bonds. The molecule has 4 nitrogen and oxygen atoms in total. The minimum Gasteiger partial charge on any atom is -0.477 e. The van der Waals surface area contributed by atoms with E-state index in [0.29, 0.717) is 10.9 Å². The van der Waals surface area contributed by atoms with Gasteiger partial charge in [-0.3, -0.25) is 0 Å². The number of carboxylic acid groups (broad SMARTS) is 1. The van der Waals surface area contributed by atoms with Crippen LogP contribution >= 0.6 is 11.3 Å². The lowest BCUT2D eigenvalue weighted by molar-refractivity contribution is 0.0702. The van der Waals surface area contributed by atoms with E-state index < -0.39 is 5.97 Å². The van der Waals surface area contributed by atoms with Gasteiger partial charge in [0.05, 0.1) is 5.00 Å². The Hall–Kier alpha value is -1.07. The lowest BCUT2D eigenvalue weighted by atomic mass is 10.2. The van der Waals surface area contributed by atoms with Crippen LogP contribution in [0.25, 0.3) is 0 Å². The minimum absolute atomic E-state index is 0.420. The molecule has 1 aromatic heterocycles. The Morgan fingerprint density at radius 1 is 1.56 bits per heavy atom. The molecule has 2 rings (SSSR count). The van der Waals surface area contributed by atoms with Crippen LogP contribution in [0.2, 0.25) is 0 Å². The molecular weight excluding hydrogens is 224 g/mol. The van der Waals surface area contributed by atoms with Crippen molar-refractivity contribution in [3.8, 4) is 0 Å². The van der Waals surface area contributed by atoms with E-state index >= 15 is 0 Å². The summed E-state index contributed by atoms with van der Waals surface area (Å²) in [4.78, 5) is 15.7. The molecular formula is C11H16N2O2S. The summed E-state index contributed by atoms with van der Waals surface area (Å²) in [5, 5.41) is 9.94. The number of hydrogen-bond acceptors (Lipinski definition) is 4. The van der Waals surface area contributed by atoms with Crippen LogP contribution in [0, 0.1) is 0 Å². The SMILES string of the molecule is CN(C)[C@@H]1CCN(c2ccc(C(=O)O)s2)C1. The summed E-state index contributed by atoms with van der Waals surface area (Å²) in [7, 11) is 4.18. The quantitative estimate of drug-likeness (QED) is 0.871. The Labute approximate surface area is 99.1 Å². The number of thiophene rings is 1. The first kappa shape index (κ1) is 11.4. The van der Waals surface area contributed by atoms with E-state index in [1.165, 1.54) is 11.3 Å². The first-order valence-electron chi connectivity index (χ1n) is 5.32. The highest BCUT2D eigenvalue weighted by molar-refractivity contribution is 7.17. The van der Waals surface area contributed by atoms with Crippen molar-refractivity contribution in [2.24, 2.45) is 0 Å². The Kier molecular flexibility index (Phi) is 3.16. The van der Waals surface area contributed by atoms with Crippen LogP contribution in [0.5, 0.6) is 0 Å². The van der Waals surface area contributed by atoms with Crippen LogP contribution in [-0.4, -0.2) is 49.2 Å². The van der Waals surface area contributed by atoms with Crippen LogP contribution in [0.4, 0.5) is 5.00 Å². The summed E-state index contributed by atoms with van der Waals surface area (Å²) in [6, 6.07) is 4.17. The van der Waals surface area contributed by atoms with Gasteiger partial charge in [0.2, 0.25) is 0 Å². The van der Waals surface area contributed by atoms with E-state index in [9.17, 15) is 4.79 Å². The molecule has 2 heterocycles. The number of nitrogens with zero attached hydrogens (tertiary/aromatic N) is 2. The number of anilines is 1. The fraction of sp³-hybridized carbons (Fsp3) is 0.545. The van der Waals surface area contributed by atoms with Crippen LogP contribution < -0.4 is 4.90 Å². The summed E-state index contributed by atoms with van der Waals surface area (Å²) in [6.07, 6.45) is 1.15. The molecule has 0 aromatic carbocycles. The van der Waals surface area contributed by atoms with Crippen LogP contribution in [0.15, 0.2) is 12.1 Å². The van der Waals surface area contributed by atoms with Crippen molar-refractivity contribution in [1.82, 2.24) is 4.90 Å². The molecule has 0 unspecified atom stereocenters. The zero-order chi connectivity index (χ0) is 11.7. The molecule has 0 bridgehead atoms. The van der Waals surface area contributed by atoms with Gasteiger partial charge in [0.1, 0.15) is 4.88 Å². The van der Waals surface area contributed by atoms with E-state index in [-0.39, 0.29) is 0 Å². The van der Waals surface area contributed by atoms with E-state index in [2.05, 4.69) is 23.9 Å². The number of rotatable bonds is 3. The smallest absolute Gasteiger partial charge is 0.345 e. The molecule has 1 atom stereocenters. The first-order valence-corrected chi connectivity index (χ1v) is 6.14. The van der Waals surface area contributed by atoms with Crippen molar-refractivity contribution >= 4 is 22.3 Å². The zero-order valence-electron chi connectivity index (χ0n) is 9.51. The third kappa shape index (κ3) is 2.20. The van der Waals surface area contributed by atoms with E-state index in [0.717, 1.165) is 24.5 Å². The zero-order valence-corrected chi connectivity index (χ0v) is 10.3. The van der Waals surface area contributed by atoms with Gasteiger partial charge in [-0.15, -0.1) is 11.3 Å². The normalized spacial score (nSPS) is 20.7. The average Bonchev–Trinajstić information content (AvgIpc) is 2.86. The molecule has 1 aliphatic heterocycles. The van der Waals surface area contributed by atoms with E-state index in [4.69, 9.17) is 5.11 Å². The summed E-state index contributed by atoms with van der Waals surface area (Å²) >= 11 is 1.36. The second-order valence-corrected chi connectivity index (χ2v) is 5.36. The Morgan fingerprint density at radius 2 is 2.31 bits per heavy atom. The molecule has 1 N–H and O–H groups in total. The molecule has 1 aliphatic rings. The van der Waals surface area contributed by atoms with Gasteiger partial charge in [-0.1, -0.05) is 0 Å².